The SMILES string of the molecule is c1csc(CN2C[C@H]3CCc4nnc(-c5ccncc5)n4[C@H]3C2)c1. The van der Waals surface area contributed by atoms with E-state index in [-0.39, 0.29) is 0 Å². The van der Waals surface area contributed by atoms with E-state index in [1.807, 2.05) is 35.9 Å². The van der Waals surface area contributed by atoms with Crippen molar-refractivity contribution in [1.82, 2.24) is 24.6 Å². The predicted molar refractivity (Wildman–Crippen MR) is 93.7 cm³/mol. The number of aryl methyl sites for hydroxylation is 1. The lowest BCUT2D eigenvalue weighted by atomic mass is 9.93. The number of nitrogens with zero attached hydrogens (tertiary/aromatic N) is 5. The van der Waals surface area contributed by atoms with Crippen LogP contribution < -0.4 is 0 Å². The van der Waals surface area contributed by atoms with Gasteiger partial charge in [0, 0.05) is 48.9 Å². The Morgan fingerprint density at radius 2 is 2.04 bits per heavy atom. The lowest BCUT2D eigenvalue weighted by Gasteiger charge is -2.27. The maximum atomic E-state index is 4.50. The molecule has 0 aromatic carbocycles. The van der Waals surface area contributed by atoms with Crippen LogP contribution >= 0.6 is 11.3 Å². The molecule has 2 aliphatic rings. The highest BCUT2D eigenvalue weighted by Gasteiger charge is 2.39. The Labute approximate surface area is 145 Å². The van der Waals surface area contributed by atoms with Crippen molar-refractivity contribution in [1.29, 1.82) is 0 Å². The number of aromatic nitrogens is 4. The second kappa shape index (κ2) is 5.79. The van der Waals surface area contributed by atoms with Gasteiger partial charge in [-0.2, -0.15) is 0 Å². The molecule has 3 aromatic rings. The Balaban J connectivity index is 1.46. The van der Waals surface area contributed by atoms with Crippen LogP contribution in [0.2, 0.25) is 0 Å². The summed E-state index contributed by atoms with van der Waals surface area (Å²) in [4.78, 5) is 8.16. The average molecular weight is 337 g/mol. The average Bonchev–Trinajstić information content (AvgIpc) is 3.34. The Kier molecular flexibility index (Phi) is 3.45. The monoisotopic (exact) mass is 337 g/mol. The van der Waals surface area contributed by atoms with Gasteiger partial charge in [0.2, 0.25) is 0 Å². The van der Waals surface area contributed by atoms with Crippen LogP contribution in [-0.2, 0) is 13.0 Å². The summed E-state index contributed by atoms with van der Waals surface area (Å²) in [5.74, 6) is 2.84. The Morgan fingerprint density at radius 1 is 1.12 bits per heavy atom. The molecule has 5 nitrogen and oxygen atoms in total. The van der Waals surface area contributed by atoms with Gasteiger partial charge in [-0.15, -0.1) is 21.5 Å². The summed E-state index contributed by atoms with van der Waals surface area (Å²) in [6.07, 6.45) is 5.91. The highest BCUT2D eigenvalue weighted by Crippen LogP contribution is 2.39. The zero-order chi connectivity index (χ0) is 15.9. The lowest BCUT2D eigenvalue weighted by Crippen LogP contribution is -2.26. The standard InChI is InChI=1S/C18H19N5S/c1-2-15(24-9-1)11-22-10-14-3-4-17-20-21-18(23(17)16(14)12-22)13-5-7-19-8-6-13/h1-2,5-9,14,16H,3-4,10-12H2/t14-,16+/m1/s1. The van der Waals surface area contributed by atoms with Crippen LogP contribution in [0.1, 0.15) is 23.2 Å². The molecule has 0 radical (unpaired) electrons. The Bertz CT molecular complexity index is 826. The van der Waals surface area contributed by atoms with Crippen molar-refractivity contribution in [3.05, 3.63) is 52.7 Å². The molecule has 122 valence electrons. The minimum Gasteiger partial charge on any atom is -0.306 e. The van der Waals surface area contributed by atoms with E-state index in [9.17, 15) is 0 Å². The molecule has 0 aliphatic carbocycles. The fraction of sp³-hybridized carbons (Fsp3) is 0.389. The highest BCUT2D eigenvalue weighted by molar-refractivity contribution is 7.09. The van der Waals surface area contributed by atoms with Crippen LogP contribution in [0.4, 0.5) is 0 Å². The summed E-state index contributed by atoms with van der Waals surface area (Å²) in [6.45, 7) is 3.33. The molecule has 2 aliphatic heterocycles. The number of thiophene rings is 1. The molecule has 0 bridgehead atoms. The third-order valence-corrected chi connectivity index (χ3v) is 6.08. The third-order valence-electron chi connectivity index (χ3n) is 5.22. The molecular weight excluding hydrogens is 318 g/mol. The van der Waals surface area contributed by atoms with Gasteiger partial charge in [0.05, 0.1) is 6.04 Å². The smallest absolute Gasteiger partial charge is 0.164 e. The second-order valence-corrected chi connectivity index (χ2v) is 7.72. The zero-order valence-corrected chi connectivity index (χ0v) is 14.2. The van der Waals surface area contributed by atoms with Gasteiger partial charge < -0.3 is 4.57 Å². The van der Waals surface area contributed by atoms with Gasteiger partial charge in [0.1, 0.15) is 5.82 Å². The van der Waals surface area contributed by atoms with Crippen molar-refractivity contribution in [2.45, 2.75) is 25.4 Å². The topological polar surface area (TPSA) is 46.8 Å². The summed E-state index contributed by atoms with van der Waals surface area (Å²) in [5.41, 5.74) is 1.11. The molecule has 1 saturated heterocycles. The molecular formula is C18H19N5S. The first-order valence-corrected chi connectivity index (χ1v) is 9.35. The quantitative estimate of drug-likeness (QED) is 0.737. The Morgan fingerprint density at radius 3 is 2.88 bits per heavy atom. The zero-order valence-electron chi connectivity index (χ0n) is 13.4. The van der Waals surface area contributed by atoms with Crippen LogP contribution in [-0.4, -0.2) is 37.7 Å². The fourth-order valence-corrected chi connectivity index (χ4v) is 4.87. The van der Waals surface area contributed by atoms with Crippen LogP contribution in [0.15, 0.2) is 42.0 Å². The van der Waals surface area contributed by atoms with Crippen LogP contribution in [0, 0.1) is 5.92 Å². The van der Waals surface area contributed by atoms with E-state index in [2.05, 4.69) is 42.2 Å². The minimum atomic E-state index is 0.492. The minimum absolute atomic E-state index is 0.492. The van der Waals surface area contributed by atoms with E-state index in [4.69, 9.17) is 0 Å². The predicted octanol–water partition coefficient (Wildman–Crippen LogP) is 3.02. The maximum absolute atomic E-state index is 4.50. The summed E-state index contributed by atoms with van der Waals surface area (Å²) < 4.78 is 2.40. The third kappa shape index (κ3) is 2.37. The first-order valence-electron chi connectivity index (χ1n) is 8.47. The van der Waals surface area contributed by atoms with E-state index in [0.717, 1.165) is 36.7 Å². The number of hydrogen-bond acceptors (Lipinski definition) is 5. The van der Waals surface area contributed by atoms with Crippen molar-refractivity contribution in [2.75, 3.05) is 13.1 Å². The van der Waals surface area contributed by atoms with Crippen molar-refractivity contribution >= 4 is 11.3 Å². The maximum Gasteiger partial charge on any atom is 0.164 e. The molecule has 0 saturated carbocycles. The molecule has 5 heterocycles. The summed E-state index contributed by atoms with van der Waals surface area (Å²) in [6, 6.07) is 8.92. The van der Waals surface area contributed by atoms with E-state index in [1.165, 1.54) is 17.8 Å². The van der Waals surface area contributed by atoms with E-state index in [0.29, 0.717) is 12.0 Å². The summed E-state index contributed by atoms with van der Waals surface area (Å²) >= 11 is 1.85. The van der Waals surface area contributed by atoms with E-state index >= 15 is 0 Å². The molecule has 3 aromatic heterocycles. The van der Waals surface area contributed by atoms with Gasteiger partial charge in [-0.1, -0.05) is 6.07 Å². The van der Waals surface area contributed by atoms with Gasteiger partial charge in [0.15, 0.2) is 5.82 Å². The van der Waals surface area contributed by atoms with E-state index in [1.54, 1.807) is 0 Å². The number of likely N-dealkylation sites (tertiary alicyclic amines) is 1. The number of pyridine rings is 1. The molecule has 0 unspecified atom stereocenters. The normalized spacial score (nSPS) is 23.2. The van der Waals surface area contributed by atoms with Crippen molar-refractivity contribution in [3.63, 3.8) is 0 Å². The first kappa shape index (κ1) is 14.3. The van der Waals surface area contributed by atoms with Gasteiger partial charge in [-0.05, 0) is 35.9 Å². The van der Waals surface area contributed by atoms with E-state index < -0.39 is 0 Å². The summed E-state index contributed by atoms with van der Waals surface area (Å²) in [7, 11) is 0. The van der Waals surface area contributed by atoms with Crippen molar-refractivity contribution in [3.8, 4) is 11.4 Å². The first-order chi connectivity index (χ1) is 11.9. The summed E-state index contributed by atoms with van der Waals surface area (Å²) in [5, 5.41) is 11.1. The fourth-order valence-electron chi connectivity index (χ4n) is 4.12. The molecule has 6 heteroatoms. The van der Waals surface area contributed by atoms with Crippen molar-refractivity contribution in [2.24, 2.45) is 5.92 Å². The number of hydrogen-bond donors (Lipinski definition) is 0. The largest absolute Gasteiger partial charge is 0.306 e. The van der Waals surface area contributed by atoms with Crippen LogP contribution in [0.25, 0.3) is 11.4 Å². The van der Waals surface area contributed by atoms with Crippen LogP contribution in [0.5, 0.6) is 0 Å². The molecule has 0 spiro atoms. The van der Waals surface area contributed by atoms with Gasteiger partial charge in [-0.25, -0.2) is 0 Å². The van der Waals surface area contributed by atoms with Crippen molar-refractivity contribution < 1.29 is 0 Å². The van der Waals surface area contributed by atoms with Gasteiger partial charge in [-0.3, -0.25) is 9.88 Å². The molecule has 0 N–H and O–H groups in total. The molecule has 2 atom stereocenters. The lowest BCUT2D eigenvalue weighted by molar-refractivity contribution is 0.316. The second-order valence-electron chi connectivity index (χ2n) is 6.69. The van der Waals surface area contributed by atoms with Crippen LogP contribution in [0.3, 0.4) is 0 Å². The highest BCUT2D eigenvalue weighted by atomic mass is 32.1. The number of rotatable bonds is 3. The number of fused-ring (bicyclic) bond motifs is 3. The molecule has 24 heavy (non-hydrogen) atoms. The van der Waals surface area contributed by atoms with Gasteiger partial charge in [0.25, 0.3) is 0 Å². The Hall–Kier alpha value is -2.05. The van der Waals surface area contributed by atoms with Gasteiger partial charge >= 0.3 is 0 Å². The molecule has 1 fully saturated rings. The molecule has 5 rings (SSSR count). The molecule has 0 amide bonds.